The maximum absolute atomic E-state index is 12.8. The summed E-state index contributed by atoms with van der Waals surface area (Å²) in [6.07, 6.45) is 73.2. The molecule has 0 saturated carbocycles. The van der Waals surface area contributed by atoms with Gasteiger partial charge >= 0.3 is 17.9 Å². The number of esters is 3. The molecule has 1 atom stereocenters. The number of carbonyl (C=O) groups is 3. The second-order valence-electron chi connectivity index (χ2n) is 17.2. The van der Waals surface area contributed by atoms with Gasteiger partial charge in [0.25, 0.3) is 0 Å². The number of allylic oxidation sites excluding steroid dienone is 20. The molecule has 66 heavy (non-hydrogen) atoms. The van der Waals surface area contributed by atoms with Crippen molar-refractivity contribution in [3.8, 4) is 0 Å². The number of carbonyl (C=O) groups excluding carboxylic acids is 3. The lowest BCUT2D eigenvalue weighted by Crippen LogP contribution is -2.30. The smallest absolute Gasteiger partial charge is 0.306 e. The third kappa shape index (κ3) is 50.8. The topological polar surface area (TPSA) is 78.9 Å². The summed E-state index contributed by atoms with van der Waals surface area (Å²) in [7, 11) is 0. The monoisotopic (exact) mass is 913 g/mol. The highest BCUT2D eigenvalue weighted by molar-refractivity contribution is 5.71. The van der Waals surface area contributed by atoms with Gasteiger partial charge in [-0.3, -0.25) is 14.4 Å². The number of unbranched alkanes of at least 4 members (excludes halogenated alkanes) is 20. The van der Waals surface area contributed by atoms with E-state index in [-0.39, 0.29) is 31.1 Å². The van der Waals surface area contributed by atoms with Crippen LogP contribution >= 0.6 is 0 Å². The molecule has 0 aliphatic rings. The Labute approximate surface area is 405 Å². The molecule has 0 aromatic rings. The maximum atomic E-state index is 12.8. The predicted molar refractivity (Wildman–Crippen MR) is 283 cm³/mol. The average molecular weight is 913 g/mol. The third-order valence-corrected chi connectivity index (χ3v) is 10.8. The molecule has 0 fully saturated rings. The first kappa shape index (κ1) is 61.8. The summed E-state index contributed by atoms with van der Waals surface area (Å²) in [4.78, 5) is 38.0. The van der Waals surface area contributed by atoms with Crippen molar-refractivity contribution in [1.82, 2.24) is 0 Å². The Hall–Kier alpha value is -4.19. The van der Waals surface area contributed by atoms with E-state index < -0.39 is 6.10 Å². The van der Waals surface area contributed by atoms with Gasteiger partial charge in [0.1, 0.15) is 13.2 Å². The fraction of sp³-hybridized carbons (Fsp3) is 0.617. The summed E-state index contributed by atoms with van der Waals surface area (Å²) in [6.45, 7) is 6.34. The van der Waals surface area contributed by atoms with Crippen LogP contribution in [-0.4, -0.2) is 37.2 Å². The van der Waals surface area contributed by atoms with Gasteiger partial charge in [0.15, 0.2) is 6.10 Å². The summed E-state index contributed by atoms with van der Waals surface area (Å²) in [5, 5.41) is 0. The van der Waals surface area contributed by atoms with E-state index in [0.717, 1.165) is 122 Å². The molecule has 6 nitrogen and oxygen atoms in total. The SMILES string of the molecule is CC/C=C\C/C=C\C/C=C\CCCCC(=O)OCC(COC(=O)CCCCCCC\C=C/C=C\C=C/C=C\C=C/CCC)OC(=O)CCCCCCC/C=C\C=C/CCCCCCCCC. The van der Waals surface area contributed by atoms with Crippen LogP contribution in [0.25, 0.3) is 0 Å². The van der Waals surface area contributed by atoms with Crippen molar-refractivity contribution in [3.05, 3.63) is 122 Å². The average Bonchev–Trinajstić information content (AvgIpc) is 3.31. The first-order chi connectivity index (χ1) is 32.5. The molecule has 0 aromatic carbocycles. The fourth-order valence-corrected chi connectivity index (χ4v) is 6.83. The van der Waals surface area contributed by atoms with Crippen LogP contribution in [0.4, 0.5) is 0 Å². The van der Waals surface area contributed by atoms with Gasteiger partial charge in [0, 0.05) is 19.3 Å². The van der Waals surface area contributed by atoms with E-state index in [9.17, 15) is 14.4 Å². The summed E-state index contributed by atoms with van der Waals surface area (Å²) in [5.74, 6) is -0.998. The maximum Gasteiger partial charge on any atom is 0.306 e. The molecule has 0 heterocycles. The zero-order valence-corrected chi connectivity index (χ0v) is 42.4. The van der Waals surface area contributed by atoms with Crippen LogP contribution < -0.4 is 0 Å². The minimum atomic E-state index is -0.816. The van der Waals surface area contributed by atoms with Crippen LogP contribution in [0.2, 0.25) is 0 Å². The minimum Gasteiger partial charge on any atom is -0.462 e. The van der Waals surface area contributed by atoms with Crippen LogP contribution in [0.3, 0.4) is 0 Å². The van der Waals surface area contributed by atoms with Crippen LogP contribution in [0.1, 0.15) is 220 Å². The van der Waals surface area contributed by atoms with Crippen molar-refractivity contribution in [2.45, 2.75) is 226 Å². The molecule has 0 amide bonds. The lowest BCUT2D eigenvalue weighted by molar-refractivity contribution is -0.167. The Morgan fingerprint density at radius 2 is 0.682 bits per heavy atom. The van der Waals surface area contributed by atoms with Crippen molar-refractivity contribution in [2.75, 3.05) is 13.2 Å². The van der Waals surface area contributed by atoms with Crippen molar-refractivity contribution in [3.63, 3.8) is 0 Å². The lowest BCUT2D eigenvalue weighted by Gasteiger charge is -2.18. The molecule has 6 heteroatoms. The molecule has 0 bridgehead atoms. The first-order valence-electron chi connectivity index (χ1n) is 26.6. The van der Waals surface area contributed by atoms with Crippen molar-refractivity contribution in [1.29, 1.82) is 0 Å². The van der Waals surface area contributed by atoms with Crippen LogP contribution in [0.5, 0.6) is 0 Å². The highest BCUT2D eigenvalue weighted by Gasteiger charge is 2.19. The second kappa shape index (κ2) is 53.4. The molecule has 0 aromatic heterocycles. The van der Waals surface area contributed by atoms with Crippen LogP contribution in [-0.2, 0) is 28.6 Å². The molecule has 0 rings (SSSR count). The summed E-state index contributed by atoms with van der Waals surface area (Å²) in [5.41, 5.74) is 0. The molecule has 0 aliphatic heterocycles. The molecular formula is C60H96O6. The fourth-order valence-electron chi connectivity index (χ4n) is 6.83. The zero-order valence-electron chi connectivity index (χ0n) is 42.4. The van der Waals surface area contributed by atoms with E-state index in [4.69, 9.17) is 14.2 Å². The van der Waals surface area contributed by atoms with E-state index in [2.05, 4.69) is 106 Å². The number of ether oxygens (including phenoxy) is 3. The largest absolute Gasteiger partial charge is 0.462 e. The van der Waals surface area contributed by atoms with E-state index in [1.165, 1.54) is 57.8 Å². The van der Waals surface area contributed by atoms with Gasteiger partial charge in [-0.05, 0) is 96.3 Å². The number of hydrogen-bond acceptors (Lipinski definition) is 6. The van der Waals surface area contributed by atoms with Gasteiger partial charge in [-0.1, -0.05) is 226 Å². The summed E-state index contributed by atoms with van der Waals surface area (Å²) >= 11 is 0. The molecule has 372 valence electrons. The Kier molecular flexibility index (Phi) is 50.0. The van der Waals surface area contributed by atoms with E-state index in [0.29, 0.717) is 19.3 Å². The quantitative estimate of drug-likeness (QED) is 0.0199. The van der Waals surface area contributed by atoms with Gasteiger partial charge in [0.05, 0.1) is 0 Å². The molecule has 0 saturated heterocycles. The van der Waals surface area contributed by atoms with Gasteiger partial charge in [-0.2, -0.15) is 0 Å². The Bertz CT molecular complexity index is 1420. The normalized spacial score (nSPS) is 13.1. The molecule has 1 unspecified atom stereocenters. The van der Waals surface area contributed by atoms with Crippen LogP contribution in [0.15, 0.2) is 122 Å². The van der Waals surface area contributed by atoms with Crippen molar-refractivity contribution in [2.24, 2.45) is 0 Å². The lowest BCUT2D eigenvalue weighted by atomic mass is 10.1. The van der Waals surface area contributed by atoms with Gasteiger partial charge in [-0.25, -0.2) is 0 Å². The first-order valence-corrected chi connectivity index (χ1v) is 26.6. The molecular weight excluding hydrogens is 817 g/mol. The van der Waals surface area contributed by atoms with E-state index in [1.54, 1.807) is 0 Å². The predicted octanol–water partition coefficient (Wildman–Crippen LogP) is 17.7. The summed E-state index contributed by atoms with van der Waals surface area (Å²) in [6, 6.07) is 0. The van der Waals surface area contributed by atoms with Crippen molar-refractivity contribution < 1.29 is 28.6 Å². The Balaban J connectivity index is 4.52. The second-order valence-corrected chi connectivity index (χ2v) is 17.2. The number of rotatable bonds is 46. The van der Waals surface area contributed by atoms with Gasteiger partial charge in [-0.15, -0.1) is 0 Å². The van der Waals surface area contributed by atoms with Crippen LogP contribution in [0, 0.1) is 0 Å². The molecule has 0 spiro atoms. The Morgan fingerprint density at radius 3 is 1.17 bits per heavy atom. The standard InChI is InChI=1S/C60H96O6/c1-4-7-10-13-16-19-22-25-27-29-31-33-35-38-41-44-47-50-53-59(62)65-56-57(55-64-58(61)52-49-46-43-40-37-24-21-18-15-12-9-6-3)66-60(63)54-51-48-45-42-39-36-34-32-30-28-26-23-20-17-14-11-8-5-2/h9-10,12-13,16,18-19,21-22,25,27-34,37,40,57H,4-8,11,14-15,17,20,23-24,26,35-36,38-39,41-56H2,1-3H3/b12-9-,13-10-,19-16-,21-18-,25-22-,29-27-,30-28-,33-31-,34-32-,40-37-. The summed E-state index contributed by atoms with van der Waals surface area (Å²) < 4.78 is 16.7. The third-order valence-electron chi connectivity index (χ3n) is 10.8. The molecule has 0 radical (unpaired) electrons. The molecule has 0 N–H and O–H groups in total. The van der Waals surface area contributed by atoms with Gasteiger partial charge < -0.3 is 14.2 Å². The highest BCUT2D eigenvalue weighted by Crippen LogP contribution is 2.13. The number of hydrogen-bond donors (Lipinski definition) is 0. The minimum absolute atomic E-state index is 0.114. The molecule has 0 aliphatic carbocycles. The van der Waals surface area contributed by atoms with E-state index in [1.807, 2.05) is 36.5 Å². The van der Waals surface area contributed by atoms with Crippen molar-refractivity contribution >= 4 is 17.9 Å². The van der Waals surface area contributed by atoms with Gasteiger partial charge in [0.2, 0.25) is 0 Å². The zero-order chi connectivity index (χ0) is 47.9. The van der Waals surface area contributed by atoms with E-state index >= 15 is 0 Å². The Morgan fingerprint density at radius 1 is 0.333 bits per heavy atom. The highest BCUT2D eigenvalue weighted by atomic mass is 16.6.